The molecule has 0 amide bonds. The van der Waals surface area contributed by atoms with E-state index in [2.05, 4.69) is 30.8 Å². The fourth-order valence-electron chi connectivity index (χ4n) is 4.35. The fraction of sp³-hybridized carbons (Fsp3) is 1.00. The van der Waals surface area contributed by atoms with E-state index in [9.17, 15) is 0 Å². The average molecular weight is 281 g/mol. The quantitative estimate of drug-likeness (QED) is 0.840. The van der Waals surface area contributed by atoms with Crippen molar-refractivity contribution in [3.8, 4) is 0 Å². The van der Waals surface area contributed by atoms with Crippen LogP contribution < -0.4 is 5.73 Å². The van der Waals surface area contributed by atoms with Crippen LogP contribution in [0.3, 0.4) is 0 Å². The van der Waals surface area contributed by atoms with Crippen LogP contribution in [-0.2, 0) is 0 Å². The van der Waals surface area contributed by atoms with Gasteiger partial charge in [-0.15, -0.1) is 0 Å². The number of hydrogen-bond acceptors (Lipinski definition) is 3. The summed E-state index contributed by atoms with van der Waals surface area (Å²) in [6.45, 7) is 7.04. The van der Waals surface area contributed by atoms with E-state index in [1.807, 2.05) is 0 Å². The molecule has 2 fully saturated rings. The second-order valence-corrected chi connectivity index (χ2v) is 7.52. The van der Waals surface area contributed by atoms with Gasteiger partial charge in [0, 0.05) is 19.1 Å². The van der Waals surface area contributed by atoms with Crippen molar-refractivity contribution in [3.63, 3.8) is 0 Å². The van der Waals surface area contributed by atoms with E-state index >= 15 is 0 Å². The summed E-state index contributed by atoms with van der Waals surface area (Å²) in [5, 5.41) is 0. The normalized spacial score (nSPS) is 31.6. The van der Waals surface area contributed by atoms with Crippen LogP contribution in [0.2, 0.25) is 0 Å². The molecule has 0 radical (unpaired) electrons. The van der Waals surface area contributed by atoms with Crippen molar-refractivity contribution in [1.29, 1.82) is 0 Å². The molecule has 3 atom stereocenters. The summed E-state index contributed by atoms with van der Waals surface area (Å²) in [5.41, 5.74) is 6.13. The van der Waals surface area contributed by atoms with Crippen molar-refractivity contribution < 1.29 is 0 Å². The molecule has 118 valence electrons. The van der Waals surface area contributed by atoms with Crippen LogP contribution in [0.15, 0.2) is 0 Å². The summed E-state index contributed by atoms with van der Waals surface area (Å²) in [4.78, 5) is 5.05. The van der Waals surface area contributed by atoms with Gasteiger partial charge in [0.05, 0.1) is 0 Å². The van der Waals surface area contributed by atoms with Gasteiger partial charge in [-0.1, -0.05) is 19.8 Å². The van der Waals surface area contributed by atoms with Crippen LogP contribution in [0.25, 0.3) is 0 Å². The molecule has 3 nitrogen and oxygen atoms in total. The zero-order valence-corrected chi connectivity index (χ0v) is 13.9. The summed E-state index contributed by atoms with van der Waals surface area (Å²) < 4.78 is 0. The fourth-order valence-corrected chi connectivity index (χ4v) is 4.35. The first-order valence-corrected chi connectivity index (χ1v) is 8.69. The van der Waals surface area contributed by atoms with E-state index in [-0.39, 0.29) is 0 Å². The van der Waals surface area contributed by atoms with Crippen molar-refractivity contribution in [2.45, 2.75) is 51.5 Å². The van der Waals surface area contributed by atoms with Crippen LogP contribution in [0.5, 0.6) is 0 Å². The van der Waals surface area contributed by atoms with Crippen LogP contribution in [0.4, 0.5) is 0 Å². The summed E-state index contributed by atoms with van der Waals surface area (Å²) >= 11 is 0. The molecule has 1 aliphatic heterocycles. The Morgan fingerprint density at radius 3 is 2.50 bits per heavy atom. The van der Waals surface area contributed by atoms with Gasteiger partial charge in [-0.25, -0.2) is 0 Å². The van der Waals surface area contributed by atoms with Gasteiger partial charge in [-0.2, -0.15) is 0 Å². The molecule has 0 bridgehead atoms. The molecule has 2 rings (SSSR count). The number of rotatable bonds is 5. The maximum Gasteiger partial charge on any atom is 0.0243 e. The highest BCUT2D eigenvalue weighted by molar-refractivity contribution is 4.84. The number of hydrogen-bond donors (Lipinski definition) is 1. The third-order valence-corrected chi connectivity index (χ3v) is 5.71. The second-order valence-electron chi connectivity index (χ2n) is 7.52. The number of nitrogens with zero attached hydrogens (tertiary/aromatic N) is 2. The molecule has 1 heterocycles. The zero-order valence-electron chi connectivity index (χ0n) is 13.9. The van der Waals surface area contributed by atoms with Crippen LogP contribution in [0, 0.1) is 17.8 Å². The van der Waals surface area contributed by atoms with Crippen molar-refractivity contribution in [1.82, 2.24) is 9.80 Å². The van der Waals surface area contributed by atoms with Crippen molar-refractivity contribution in [2.24, 2.45) is 23.5 Å². The molecule has 0 aromatic rings. The Bertz CT molecular complexity index is 273. The topological polar surface area (TPSA) is 32.5 Å². The largest absolute Gasteiger partial charge is 0.329 e. The van der Waals surface area contributed by atoms with Gasteiger partial charge in [0.2, 0.25) is 0 Å². The van der Waals surface area contributed by atoms with E-state index in [1.54, 1.807) is 0 Å². The Hall–Kier alpha value is -0.120. The van der Waals surface area contributed by atoms with Gasteiger partial charge in [-0.3, -0.25) is 0 Å². The van der Waals surface area contributed by atoms with Gasteiger partial charge in [0.25, 0.3) is 0 Å². The van der Waals surface area contributed by atoms with E-state index in [1.165, 1.54) is 58.2 Å². The lowest BCUT2D eigenvalue weighted by Crippen LogP contribution is -2.47. The van der Waals surface area contributed by atoms with Crippen LogP contribution in [-0.4, -0.2) is 56.1 Å². The second kappa shape index (κ2) is 7.77. The first-order valence-electron chi connectivity index (χ1n) is 8.69. The van der Waals surface area contributed by atoms with Crippen LogP contribution in [0.1, 0.15) is 45.4 Å². The lowest BCUT2D eigenvalue weighted by molar-refractivity contribution is 0.0983. The number of nitrogens with two attached hydrogens (primary N) is 1. The minimum Gasteiger partial charge on any atom is -0.329 e. The van der Waals surface area contributed by atoms with E-state index in [4.69, 9.17) is 5.73 Å². The molecule has 20 heavy (non-hydrogen) atoms. The van der Waals surface area contributed by atoms with E-state index in [0.717, 1.165) is 24.3 Å². The van der Waals surface area contributed by atoms with Crippen LogP contribution >= 0.6 is 0 Å². The van der Waals surface area contributed by atoms with E-state index in [0.29, 0.717) is 6.04 Å². The Morgan fingerprint density at radius 2 is 1.90 bits per heavy atom. The Morgan fingerprint density at radius 1 is 1.20 bits per heavy atom. The smallest absolute Gasteiger partial charge is 0.0243 e. The molecule has 1 aliphatic carbocycles. The average Bonchev–Trinajstić information content (AvgIpc) is 2.42. The molecule has 1 saturated carbocycles. The maximum atomic E-state index is 6.13. The Kier molecular flexibility index (Phi) is 6.31. The zero-order chi connectivity index (χ0) is 14.5. The van der Waals surface area contributed by atoms with Gasteiger partial charge >= 0.3 is 0 Å². The Balaban J connectivity index is 1.83. The molecular weight excluding hydrogens is 246 g/mol. The highest BCUT2D eigenvalue weighted by Crippen LogP contribution is 2.32. The molecule has 2 aliphatic rings. The SMILES string of the molecule is CC1CCCC(C(CN)N(C)CC2CCN(C)CC2)C1. The molecule has 2 N–H and O–H groups in total. The monoisotopic (exact) mass is 281 g/mol. The summed E-state index contributed by atoms with van der Waals surface area (Å²) in [6.07, 6.45) is 8.33. The molecule has 0 aromatic carbocycles. The first kappa shape index (κ1) is 16.3. The van der Waals surface area contributed by atoms with Crippen molar-refractivity contribution >= 4 is 0 Å². The van der Waals surface area contributed by atoms with Gasteiger partial charge < -0.3 is 15.5 Å². The lowest BCUT2D eigenvalue weighted by Gasteiger charge is -2.40. The molecule has 1 saturated heterocycles. The summed E-state index contributed by atoms with van der Waals surface area (Å²) in [6, 6.07) is 0.609. The standard InChI is InChI=1S/C17H35N3/c1-14-5-4-6-16(11-14)17(12-18)20(3)13-15-7-9-19(2)10-8-15/h14-17H,4-13,18H2,1-3H3. The van der Waals surface area contributed by atoms with Gasteiger partial charge in [0.1, 0.15) is 0 Å². The van der Waals surface area contributed by atoms with Gasteiger partial charge in [-0.05, 0) is 70.6 Å². The minimum absolute atomic E-state index is 0.609. The van der Waals surface area contributed by atoms with Crippen molar-refractivity contribution in [3.05, 3.63) is 0 Å². The highest BCUT2D eigenvalue weighted by Gasteiger charge is 2.29. The summed E-state index contributed by atoms with van der Waals surface area (Å²) in [7, 11) is 4.56. The number of piperidine rings is 1. The molecule has 0 spiro atoms. The molecular formula is C17H35N3. The predicted octanol–water partition coefficient (Wildman–Crippen LogP) is 2.41. The third kappa shape index (κ3) is 4.44. The van der Waals surface area contributed by atoms with Crippen molar-refractivity contribution in [2.75, 3.05) is 40.3 Å². The highest BCUT2D eigenvalue weighted by atomic mass is 15.2. The Labute approximate surface area is 125 Å². The number of likely N-dealkylation sites (N-methyl/N-ethyl adjacent to an activating group) is 1. The molecule has 3 unspecified atom stereocenters. The molecule has 3 heteroatoms. The minimum atomic E-state index is 0.609. The molecule has 0 aromatic heterocycles. The third-order valence-electron chi connectivity index (χ3n) is 5.71. The lowest BCUT2D eigenvalue weighted by atomic mass is 9.78. The first-order chi connectivity index (χ1) is 9.60. The number of likely N-dealkylation sites (tertiary alicyclic amines) is 1. The summed E-state index contributed by atoms with van der Waals surface area (Å²) in [5.74, 6) is 2.62. The van der Waals surface area contributed by atoms with E-state index < -0.39 is 0 Å². The maximum absolute atomic E-state index is 6.13. The predicted molar refractivity (Wildman–Crippen MR) is 86.8 cm³/mol. The van der Waals surface area contributed by atoms with Gasteiger partial charge in [0.15, 0.2) is 0 Å².